The van der Waals surface area contributed by atoms with Crippen LogP contribution in [-0.4, -0.2) is 40.7 Å². The third kappa shape index (κ3) is 3.00. The van der Waals surface area contributed by atoms with E-state index in [4.69, 9.17) is 11.6 Å². The van der Waals surface area contributed by atoms with Crippen LogP contribution >= 0.6 is 11.6 Å². The van der Waals surface area contributed by atoms with Crippen molar-refractivity contribution in [3.8, 4) is 0 Å². The van der Waals surface area contributed by atoms with Crippen molar-refractivity contribution in [1.29, 1.82) is 0 Å². The van der Waals surface area contributed by atoms with E-state index in [-0.39, 0.29) is 23.5 Å². The van der Waals surface area contributed by atoms with E-state index in [0.717, 1.165) is 0 Å². The van der Waals surface area contributed by atoms with E-state index in [1.165, 1.54) is 10.5 Å². The summed E-state index contributed by atoms with van der Waals surface area (Å²) in [6.45, 7) is 5.69. The lowest BCUT2D eigenvalue weighted by atomic mass is 10.4. The van der Waals surface area contributed by atoms with Gasteiger partial charge >= 0.3 is 0 Å². The number of rotatable bonds is 5. The summed E-state index contributed by atoms with van der Waals surface area (Å²) in [7, 11) is -1.78. The number of hydrogen-bond donors (Lipinski definition) is 0. The first-order valence-corrected chi connectivity index (χ1v) is 7.36. The van der Waals surface area contributed by atoms with Crippen LogP contribution in [0.25, 0.3) is 0 Å². The van der Waals surface area contributed by atoms with Gasteiger partial charge in [0, 0.05) is 31.7 Å². The Balaban J connectivity index is 3.16. The van der Waals surface area contributed by atoms with Crippen molar-refractivity contribution in [2.24, 2.45) is 7.05 Å². The highest BCUT2D eigenvalue weighted by atomic mass is 35.5. The number of alkyl halides is 1. The number of nitrogens with zero attached hydrogens (tertiary/aromatic N) is 3. The van der Waals surface area contributed by atoms with Gasteiger partial charge < -0.3 is 4.57 Å². The summed E-state index contributed by atoms with van der Waals surface area (Å²) in [5, 5.41) is 0.0799. The Hall–Kier alpha value is -0.590. The van der Waals surface area contributed by atoms with Gasteiger partial charge in [0.1, 0.15) is 5.82 Å². The van der Waals surface area contributed by atoms with Gasteiger partial charge in [-0.15, -0.1) is 11.6 Å². The molecule has 1 aromatic heterocycles. The topological polar surface area (TPSA) is 55.2 Å². The molecule has 7 heteroatoms. The van der Waals surface area contributed by atoms with Crippen molar-refractivity contribution in [1.82, 2.24) is 13.9 Å². The number of hydrogen-bond acceptors (Lipinski definition) is 3. The molecule has 0 radical (unpaired) electrons. The summed E-state index contributed by atoms with van der Waals surface area (Å²) >= 11 is 5.64. The standard InChI is InChI=1S/C10H18ClN3O2S/c1-8(2)14(6-5-11)17(15,16)10-7-13(4)9(3)12-10/h7-8H,5-6H2,1-4H3. The number of aryl methyl sites for hydroxylation is 2. The summed E-state index contributed by atoms with van der Waals surface area (Å²) in [5.74, 6) is 0.932. The second-order valence-corrected chi connectivity index (χ2v) is 6.35. The molecule has 0 amide bonds. The second kappa shape index (κ2) is 5.37. The smallest absolute Gasteiger partial charge is 0.262 e. The van der Waals surface area contributed by atoms with Gasteiger partial charge in [0.25, 0.3) is 10.0 Å². The molecular weight excluding hydrogens is 262 g/mol. The number of sulfonamides is 1. The second-order valence-electron chi connectivity index (χ2n) is 4.14. The molecule has 0 aliphatic carbocycles. The molecule has 0 bridgehead atoms. The Morgan fingerprint density at radius 2 is 2.12 bits per heavy atom. The summed E-state index contributed by atoms with van der Waals surface area (Å²) in [4.78, 5) is 4.06. The molecule has 0 saturated carbocycles. The fourth-order valence-corrected chi connectivity index (χ4v) is 3.46. The van der Waals surface area contributed by atoms with Crippen molar-refractivity contribution in [2.75, 3.05) is 12.4 Å². The van der Waals surface area contributed by atoms with E-state index in [1.807, 2.05) is 13.8 Å². The molecule has 1 heterocycles. The zero-order chi connectivity index (χ0) is 13.2. The summed E-state index contributed by atoms with van der Waals surface area (Å²) < 4.78 is 27.7. The first kappa shape index (κ1) is 14.5. The zero-order valence-corrected chi connectivity index (χ0v) is 12.1. The molecule has 0 fully saturated rings. The lowest BCUT2D eigenvalue weighted by Gasteiger charge is -2.23. The van der Waals surface area contributed by atoms with Gasteiger partial charge in [0.05, 0.1) is 0 Å². The van der Waals surface area contributed by atoms with Gasteiger partial charge in [-0.3, -0.25) is 0 Å². The predicted molar refractivity (Wildman–Crippen MR) is 67.7 cm³/mol. The molecule has 0 aliphatic rings. The van der Waals surface area contributed by atoms with Gasteiger partial charge in [-0.2, -0.15) is 4.31 Å². The molecule has 5 nitrogen and oxygen atoms in total. The fourth-order valence-electron chi connectivity index (χ4n) is 1.51. The molecule has 1 aromatic rings. The lowest BCUT2D eigenvalue weighted by Crippen LogP contribution is -2.38. The third-order valence-electron chi connectivity index (χ3n) is 2.54. The van der Waals surface area contributed by atoms with E-state index in [0.29, 0.717) is 5.82 Å². The first-order chi connectivity index (χ1) is 7.80. The van der Waals surface area contributed by atoms with Gasteiger partial charge in [-0.1, -0.05) is 0 Å². The minimum Gasteiger partial charge on any atom is -0.337 e. The van der Waals surface area contributed by atoms with Crippen LogP contribution in [0.3, 0.4) is 0 Å². The Bertz CT molecular complexity index is 462. The minimum absolute atomic E-state index is 0.0799. The van der Waals surface area contributed by atoms with Crippen LogP contribution in [0.2, 0.25) is 0 Å². The molecule has 98 valence electrons. The Kier molecular flexibility index (Phi) is 4.57. The number of halogens is 1. The Morgan fingerprint density at radius 1 is 1.53 bits per heavy atom. The quantitative estimate of drug-likeness (QED) is 0.765. The maximum atomic E-state index is 12.3. The van der Waals surface area contributed by atoms with Crippen molar-refractivity contribution < 1.29 is 8.42 Å². The van der Waals surface area contributed by atoms with Crippen LogP contribution < -0.4 is 0 Å². The van der Waals surface area contributed by atoms with Crippen LogP contribution in [-0.2, 0) is 17.1 Å². The van der Waals surface area contributed by atoms with Crippen LogP contribution in [0.15, 0.2) is 11.2 Å². The molecule has 0 aromatic carbocycles. The first-order valence-electron chi connectivity index (χ1n) is 5.38. The van der Waals surface area contributed by atoms with Crippen LogP contribution in [0.1, 0.15) is 19.7 Å². The normalized spacial score (nSPS) is 12.6. The summed E-state index contributed by atoms with van der Waals surface area (Å²) in [6, 6.07) is -0.138. The maximum Gasteiger partial charge on any atom is 0.262 e. The van der Waals surface area contributed by atoms with Crippen molar-refractivity contribution in [2.45, 2.75) is 31.8 Å². The third-order valence-corrected chi connectivity index (χ3v) is 4.66. The lowest BCUT2D eigenvalue weighted by molar-refractivity contribution is 0.369. The van der Waals surface area contributed by atoms with Gasteiger partial charge in [-0.25, -0.2) is 13.4 Å². The number of imidazole rings is 1. The molecule has 1 rings (SSSR count). The largest absolute Gasteiger partial charge is 0.337 e. The van der Waals surface area contributed by atoms with Crippen LogP contribution in [0.5, 0.6) is 0 Å². The monoisotopic (exact) mass is 279 g/mol. The van der Waals surface area contributed by atoms with Gasteiger partial charge in [0.2, 0.25) is 0 Å². The van der Waals surface area contributed by atoms with Crippen LogP contribution in [0, 0.1) is 6.92 Å². The Morgan fingerprint density at radius 3 is 2.47 bits per heavy atom. The SMILES string of the molecule is Cc1nc(S(=O)(=O)N(CCCl)C(C)C)cn1C. The molecule has 0 spiro atoms. The average Bonchev–Trinajstić information content (AvgIpc) is 2.55. The highest BCUT2D eigenvalue weighted by Gasteiger charge is 2.28. The molecule has 17 heavy (non-hydrogen) atoms. The molecule has 0 saturated heterocycles. The molecule has 0 N–H and O–H groups in total. The van der Waals surface area contributed by atoms with Gasteiger partial charge in [0.15, 0.2) is 5.03 Å². The Labute approximate surface area is 107 Å². The van der Waals surface area contributed by atoms with E-state index < -0.39 is 10.0 Å². The number of aromatic nitrogens is 2. The van der Waals surface area contributed by atoms with E-state index in [1.54, 1.807) is 18.5 Å². The minimum atomic E-state index is -3.55. The van der Waals surface area contributed by atoms with Crippen molar-refractivity contribution >= 4 is 21.6 Å². The maximum absolute atomic E-state index is 12.3. The highest BCUT2D eigenvalue weighted by Crippen LogP contribution is 2.17. The summed E-state index contributed by atoms with van der Waals surface area (Å²) in [5.41, 5.74) is 0. The average molecular weight is 280 g/mol. The van der Waals surface area contributed by atoms with E-state index >= 15 is 0 Å². The zero-order valence-electron chi connectivity index (χ0n) is 10.5. The summed E-state index contributed by atoms with van der Waals surface area (Å²) in [6.07, 6.45) is 1.52. The fraction of sp³-hybridized carbons (Fsp3) is 0.700. The van der Waals surface area contributed by atoms with Crippen molar-refractivity contribution in [3.63, 3.8) is 0 Å². The highest BCUT2D eigenvalue weighted by molar-refractivity contribution is 7.89. The van der Waals surface area contributed by atoms with Crippen molar-refractivity contribution in [3.05, 3.63) is 12.0 Å². The van der Waals surface area contributed by atoms with E-state index in [2.05, 4.69) is 4.98 Å². The molecule has 0 unspecified atom stereocenters. The molecule has 0 atom stereocenters. The van der Waals surface area contributed by atoms with E-state index in [9.17, 15) is 8.42 Å². The molecular formula is C10H18ClN3O2S. The predicted octanol–water partition coefficient (Wildman–Crippen LogP) is 1.37. The van der Waals surface area contributed by atoms with Crippen LogP contribution in [0.4, 0.5) is 0 Å². The molecule has 0 aliphatic heterocycles. The van der Waals surface area contributed by atoms with Gasteiger partial charge in [-0.05, 0) is 20.8 Å².